The first-order chi connectivity index (χ1) is 12.4. The quantitative estimate of drug-likeness (QED) is 0.570. The van der Waals surface area contributed by atoms with E-state index in [1.165, 1.54) is 12.1 Å². The first kappa shape index (κ1) is 19.0. The molecule has 3 rings (SSSR count). The number of halogens is 1. The van der Waals surface area contributed by atoms with Gasteiger partial charge in [-0.15, -0.1) is 0 Å². The number of aromatic amines is 1. The van der Waals surface area contributed by atoms with Crippen LogP contribution in [0.25, 0.3) is 0 Å². The summed E-state index contributed by atoms with van der Waals surface area (Å²) in [5, 5.41) is 9.71. The topological polar surface area (TPSA) is 109 Å². The highest BCUT2D eigenvalue weighted by atomic mass is 35.5. The Morgan fingerprint density at radius 3 is 2.81 bits per heavy atom. The van der Waals surface area contributed by atoms with E-state index in [0.29, 0.717) is 16.6 Å². The molecular weight excluding hydrogens is 398 g/mol. The molecule has 1 aromatic heterocycles. The Bertz CT molecular complexity index is 966. The molecule has 0 atom stereocenters. The van der Waals surface area contributed by atoms with Crippen LogP contribution in [0.15, 0.2) is 29.2 Å². The van der Waals surface area contributed by atoms with Crippen LogP contribution in [0.4, 0.5) is 0 Å². The van der Waals surface area contributed by atoms with E-state index in [2.05, 4.69) is 20.2 Å². The van der Waals surface area contributed by atoms with Crippen molar-refractivity contribution in [3.8, 4) is 0 Å². The van der Waals surface area contributed by atoms with Crippen molar-refractivity contribution in [3.63, 3.8) is 0 Å². The maximum atomic E-state index is 12.2. The Morgan fingerprint density at radius 2 is 2.12 bits per heavy atom. The molecular formula is C15H18ClN5O3S2. The van der Waals surface area contributed by atoms with E-state index in [1.807, 2.05) is 4.57 Å². The van der Waals surface area contributed by atoms with Crippen molar-refractivity contribution >= 4 is 39.7 Å². The second-order valence-electron chi connectivity index (χ2n) is 5.90. The summed E-state index contributed by atoms with van der Waals surface area (Å²) < 4.78 is 29.2. The number of aromatic nitrogens is 3. The molecule has 2 aromatic rings. The summed E-state index contributed by atoms with van der Waals surface area (Å²) in [6, 6.07) is 6.49. The highest BCUT2D eigenvalue weighted by Gasteiger charge is 2.27. The van der Waals surface area contributed by atoms with Gasteiger partial charge < -0.3 is 5.32 Å². The van der Waals surface area contributed by atoms with Gasteiger partial charge in [-0.1, -0.05) is 23.7 Å². The van der Waals surface area contributed by atoms with Gasteiger partial charge in [-0.2, -0.15) is 5.10 Å². The van der Waals surface area contributed by atoms with Gasteiger partial charge in [0.2, 0.25) is 15.9 Å². The molecule has 26 heavy (non-hydrogen) atoms. The minimum atomic E-state index is -3.76. The molecule has 3 N–H and O–H groups in total. The monoisotopic (exact) mass is 415 g/mol. The molecule has 1 fully saturated rings. The van der Waals surface area contributed by atoms with Gasteiger partial charge in [0.1, 0.15) is 4.90 Å². The summed E-state index contributed by atoms with van der Waals surface area (Å²) in [4.78, 5) is 12.0. The van der Waals surface area contributed by atoms with Crippen LogP contribution in [0, 0.1) is 4.77 Å². The maximum absolute atomic E-state index is 12.2. The zero-order chi connectivity index (χ0) is 18.7. The summed E-state index contributed by atoms with van der Waals surface area (Å²) in [7, 11) is -3.76. The average Bonchev–Trinajstić information content (AvgIpc) is 3.36. The molecule has 0 radical (unpaired) electrons. The van der Waals surface area contributed by atoms with Crippen LogP contribution in [-0.4, -0.2) is 35.6 Å². The smallest absolute Gasteiger partial charge is 0.242 e. The van der Waals surface area contributed by atoms with Crippen molar-refractivity contribution < 1.29 is 13.2 Å². The van der Waals surface area contributed by atoms with E-state index in [-0.39, 0.29) is 35.3 Å². The second kappa shape index (κ2) is 7.87. The van der Waals surface area contributed by atoms with Crippen LogP contribution in [-0.2, 0) is 21.4 Å². The Labute approximate surface area is 161 Å². The molecule has 1 aromatic carbocycles. The Kier molecular flexibility index (Phi) is 5.76. The zero-order valence-corrected chi connectivity index (χ0v) is 16.1. The predicted molar refractivity (Wildman–Crippen MR) is 98.8 cm³/mol. The maximum Gasteiger partial charge on any atom is 0.242 e. The van der Waals surface area contributed by atoms with Crippen molar-refractivity contribution in [3.05, 3.63) is 39.9 Å². The van der Waals surface area contributed by atoms with E-state index in [0.717, 1.165) is 12.8 Å². The Balaban J connectivity index is 1.49. The van der Waals surface area contributed by atoms with Gasteiger partial charge in [0.15, 0.2) is 10.6 Å². The first-order valence-electron chi connectivity index (χ1n) is 8.05. The van der Waals surface area contributed by atoms with Crippen LogP contribution >= 0.6 is 23.8 Å². The molecule has 0 unspecified atom stereocenters. The number of amides is 1. The predicted octanol–water partition coefficient (Wildman–Crippen LogP) is 1.91. The van der Waals surface area contributed by atoms with Gasteiger partial charge in [0.05, 0.1) is 11.6 Å². The molecule has 0 spiro atoms. The van der Waals surface area contributed by atoms with E-state index in [1.54, 1.807) is 12.1 Å². The molecule has 0 bridgehead atoms. The van der Waals surface area contributed by atoms with Crippen LogP contribution in [0.1, 0.15) is 31.1 Å². The third-order valence-electron chi connectivity index (χ3n) is 3.90. The average molecular weight is 416 g/mol. The number of carbonyl (C=O) groups excluding carboxylic acids is 1. The number of hydrogen-bond donors (Lipinski definition) is 3. The van der Waals surface area contributed by atoms with E-state index < -0.39 is 10.0 Å². The normalized spacial score (nSPS) is 14.3. The summed E-state index contributed by atoms with van der Waals surface area (Å²) >= 11 is 11.1. The number of nitrogens with one attached hydrogen (secondary N) is 3. The third-order valence-corrected chi connectivity index (χ3v) is 6.15. The molecule has 1 aliphatic carbocycles. The van der Waals surface area contributed by atoms with Gasteiger partial charge in [0.25, 0.3) is 0 Å². The molecule has 1 amide bonds. The Hall–Kier alpha value is -1.75. The first-order valence-corrected chi connectivity index (χ1v) is 10.3. The molecule has 0 saturated heterocycles. The number of benzene rings is 1. The third kappa shape index (κ3) is 4.50. The lowest BCUT2D eigenvalue weighted by molar-refractivity contribution is -0.121. The van der Waals surface area contributed by atoms with Gasteiger partial charge in [0, 0.05) is 19.0 Å². The second-order valence-corrected chi connectivity index (χ2v) is 8.43. The van der Waals surface area contributed by atoms with Crippen molar-refractivity contribution in [2.24, 2.45) is 0 Å². The van der Waals surface area contributed by atoms with Crippen molar-refractivity contribution in [1.82, 2.24) is 24.8 Å². The fourth-order valence-corrected chi connectivity index (χ4v) is 4.33. The molecule has 1 aliphatic rings. The van der Waals surface area contributed by atoms with Gasteiger partial charge in [-0.25, -0.2) is 13.1 Å². The van der Waals surface area contributed by atoms with Crippen LogP contribution in [0.2, 0.25) is 5.02 Å². The SMILES string of the molecule is O=C(CCNS(=O)(=O)c1ccccc1Cl)NCc1n[nH]c(=S)n1C1CC1. The fraction of sp³-hybridized carbons (Fsp3) is 0.400. The highest BCUT2D eigenvalue weighted by molar-refractivity contribution is 7.89. The van der Waals surface area contributed by atoms with Crippen LogP contribution in [0.5, 0.6) is 0 Å². The summed E-state index contributed by atoms with van der Waals surface area (Å²) in [6.07, 6.45) is 2.11. The number of H-pyrrole nitrogens is 1. The molecule has 1 saturated carbocycles. The van der Waals surface area contributed by atoms with Crippen LogP contribution < -0.4 is 10.0 Å². The number of nitrogens with zero attached hydrogens (tertiary/aromatic N) is 2. The standard InChI is InChI=1S/C15H18ClN5O3S2/c16-11-3-1-2-4-12(11)26(23,24)18-8-7-14(22)17-9-13-19-20-15(25)21(13)10-5-6-10/h1-4,10,18H,5-9H2,(H,17,22)(H,20,25). The summed E-state index contributed by atoms with van der Waals surface area (Å²) in [5.41, 5.74) is 0. The lowest BCUT2D eigenvalue weighted by Gasteiger charge is -2.09. The molecule has 140 valence electrons. The van der Waals surface area contributed by atoms with E-state index in [9.17, 15) is 13.2 Å². The summed E-state index contributed by atoms with van der Waals surface area (Å²) in [6.45, 7) is 0.203. The van der Waals surface area contributed by atoms with Crippen molar-refractivity contribution in [1.29, 1.82) is 0 Å². The van der Waals surface area contributed by atoms with Gasteiger partial charge in [-0.05, 0) is 37.2 Å². The minimum Gasteiger partial charge on any atom is -0.349 e. The van der Waals surface area contributed by atoms with E-state index in [4.69, 9.17) is 23.8 Å². The van der Waals surface area contributed by atoms with Crippen LogP contribution in [0.3, 0.4) is 0 Å². The molecule has 11 heteroatoms. The largest absolute Gasteiger partial charge is 0.349 e. The molecule has 8 nitrogen and oxygen atoms in total. The summed E-state index contributed by atoms with van der Waals surface area (Å²) in [5.74, 6) is 0.380. The van der Waals surface area contributed by atoms with Gasteiger partial charge in [-0.3, -0.25) is 14.5 Å². The fourth-order valence-electron chi connectivity index (χ4n) is 2.48. The molecule has 1 heterocycles. The van der Waals surface area contributed by atoms with Gasteiger partial charge >= 0.3 is 0 Å². The number of sulfonamides is 1. The lowest BCUT2D eigenvalue weighted by atomic mass is 10.4. The zero-order valence-electron chi connectivity index (χ0n) is 13.7. The Morgan fingerprint density at radius 1 is 1.38 bits per heavy atom. The number of hydrogen-bond acceptors (Lipinski definition) is 5. The minimum absolute atomic E-state index is 0.00172. The molecule has 0 aliphatic heterocycles. The van der Waals surface area contributed by atoms with Crippen molar-refractivity contribution in [2.45, 2.75) is 36.7 Å². The van der Waals surface area contributed by atoms with E-state index >= 15 is 0 Å². The number of rotatable bonds is 8. The number of carbonyl (C=O) groups is 1. The lowest BCUT2D eigenvalue weighted by Crippen LogP contribution is -2.31. The van der Waals surface area contributed by atoms with Crippen molar-refractivity contribution in [2.75, 3.05) is 6.54 Å². The highest BCUT2D eigenvalue weighted by Crippen LogP contribution is 2.35.